The third kappa shape index (κ3) is 4.54. The first-order valence-electron chi connectivity index (χ1n) is 10.7. The zero-order valence-corrected chi connectivity index (χ0v) is 17.2. The van der Waals surface area contributed by atoms with Crippen LogP contribution in [0.15, 0.2) is 42.5 Å². The van der Waals surface area contributed by atoms with Crippen molar-refractivity contribution in [2.45, 2.75) is 38.6 Å². The van der Waals surface area contributed by atoms with Gasteiger partial charge in [-0.3, -0.25) is 4.79 Å². The van der Waals surface area contributed by atoms with Crippen LogP contribution in [0.4, 0.5) is 8.78 Å². The Labute approximate surface area is 175 Å². The summed E-state index contributed by atoms with van der Waals surface area (Å²) in [6.07, 6.45) is 2.83. The van der Waals surface area contributed by atoms with Crippen LogP contribution in [0.25, 0.3) is 22.2 Å². The number of fused-ring (bicyclic) bond motifs is 1. The van der Waals surface area contributed by atoms with Gasteiger partial charge in [-0.2, -0.15) is 0 Å². The van der Waals surface area contributed by atoms with Gasteiger partial charge in [0.2, 0.25) is 5.91 Å². The number of likely N-dealkylation sites (tertiary alicyclic amines) is 1. The van der Waals surface area contributed by atoms with Crippen molar-refractivity contribution in [1.29, 1.82) is 0 Å². The van der Waals surface area contributed by atoms with Gasteiger partial charge < -0.3 is 15.2 Å². The van der Waals surface area contributed by atoms with Crippen LogP contribution in [-0.2, 0) is 11.2 Å². The molecule has 1 aliphatic heterocycles. The maximum absolute atomic E-state index is 13.9. The van der Waals surface area contributed by atoms with E-state index in [9.17, 15) is 13.6 Å². The van der Waals surface area contributed by atoms with E-state index < -0.39 is 0 Å². The molecule has 6 heteroatoms. The molecule has 4 nitrogen and oxygen atoms in total. The van der Waals surface area contributed by atoms with E-state index in [1.807, 2.05) is 0 Å². The molecular formula is C24H28F2N3O+. The van der Waals surface area contributed by atoms with E-state index in [-0.39, 0.29) is 23.6 Å². The van der Waals surface area contributed by atoms with Gasteiger partial charge in [0.25, 0.3) is 0 Å². The fourth-order valence-corrected chi connectivity index (χ4v) is 4.40. The highest BCUT2D eigenvalue weighted by Gasteiger charge is 2.22. The van der Waals surface area contributed by atoms with Crippen molar-refractivity contribution in [3.8, 4) is 11.3 Å². The molecule has 1 aliphatic rings. The van der Waals surface area contributed by atoms with Crippen molar-refractivity contribution >= 4 is 16.8 Å². The largest absolute Gasteiger partial charge is 0.354 e. The number of amides is 1. The van der Waals surface area contributed by atoms with E-state index in [0.717, 1.165) is 60.2 Å². The highest BCUT2D eigenvalue weighted by molar-refractivity contribution is 5.91. The van der Waals surface area contributed by atoms with Crippen LogP contribution < -0.4 is 10.2 Å². The molecule has 0 saturated carbocycles. The molecule has 0 bridgehead atoms. The Kier molecular flexibility index (Phi) is 6.13. The number of quaternary nitrogens is 1. The monoisotopic (exact) mass is 412 g/mol. The van der Waals surface area contributed by atoms with E-state index in [4.69, 9.17) is 0 Å². The van der Waals surface area contributed by atoms with Gasteiger partial charge in [0.1, 0.15) is 11.6 Å². The summed E-state index contributed by atoms with van der Waals surface area (Å²) in [4.78, 5) is 17.5. The summed E-state index contributed by atoms with van der Waals surface area (Å²) in [5.41, 5.74) is 3.32. The highest BCUT2D eigenvalue weighted by Crippen LogP contribution is 2.32. The van der Waals surface area contributed by atoms with Crippen LogP contribution in [-0.4, -0.2) is 36.6 Å². The molecule has 2 aromatic carbocycles. The number of hydrogen-bond acceptors (Lipinski definition) is 1. The van der Waals surface area contributed by atoms with E-state index >= 15 is 0 Å². The van der Waals surface area contributed by atoms with Gasteiger partial charge in [-0.25, -0.2) is 8.78 Å². The number of H-pyrrole nitrogens is 1. The zero-order chi connectivity index (χ0) is 21.1. The Bertz CT molecular complexity index is 1020. The summed E-state index contributed by atoms with van der Waals surface area (Å²) in [7, 11) is 0. The SMILES string of the molecule is CC[NH+]1CCC(NC(=O)CCc2c(-c3ccc(F)cc3)[nH]c3ccc(F)cc23)CC1. The molecule has 3 N–H and O–H groups in total. The number of benzene rings is 2. The summed E-state index contributed by atoms with van der Waals surface area (Å²) in [6.45, 7) is 5.51. The van der Waals surface area contributed by atoms with Crippen LogP contribution in [0.3, 0.4) is 0 Å². The number of halogens is 2. The van der Waals surface area contributed by atoms with E-state index in [0.29, 0.717) is 12.8 Å². The molecule has 2 heterocycles. The summed E-state index contributed by atoms with van der Waals surface area (Å²) in [5, 5.41) is 3.93. The molecule has 3 aromatic rings. The molecule has 1 fully saturated rings. The van der Waals surface area contributed by atoms with Crippen molar-refractivity contribution in [3.05, 3.63) is 59.7 Å². The van der Waals surface area contributed by atoms with Gasteiger partial charge in [-0.1, -0.05) is 0 Å². The molecule has 30 heavy (non-hydrogen) atoms. The first-order valence-corrected chi connectivity index (χ1v) is 10.7. The molecule has 158 valence electrons. The van der Waals surface area contributed by atoms with Crippen molar-refractivity contribution in [2.75, 3.05) is 19.6 Å². The maximum Gasteiger partial charge on any atom is 0.220 e. The number of rotatable bonds is 6. The third-order valence-corrected chi connectivity index (χ3v) is 6.16. The Morgan fingerprint density at radius 2 is 1.80 bits per heavy atom. The van der Waals surface area contributed by atoms with Gasteiger partial charge in [0.15, 0.2) is 0 Å². The lowest BCUT2D eigenvalue weighted by Crippen LogP contribution is -3.13. The van der Waals surface area contributed by atoms with Gasteiger partial charge in [-0.05, 0) is 66.9 Å². The van der Waals surface area contributed by atoms with Crippen molar-refractivity contribution < 1.29 is 18.5 Å². The summed E-state index contributed by atoms with van der Waals surface area (Å²) in [6, 6.07) is 11.1. The molecule has 1 saturated heterocycles. The Balaban J connectivity index is 1.51. The Morgan fingerprint density at radius 1 is 1.10 bits per heavy atom. The fourth-order valence-electron chi connectivity index (χ4n) is 4.40. The first kappa shape index (κ1) is 20.5. The quantitative estimate of drug-likeness (QED) is 0.572. The second kappa shape index (κ2) is 8.96. The molecule has 1 aromatic heterocycles. The molecule has 4 rings (SSSR count). The van der Waals surface area contributed by atoms with Gasteiger partial charge >= 0.3 is 0 Å². The number of nitrogens with one attached hydrogen (secondary N) is 3. The van der Waals surface area contributed by atoms with Gasteiger partial charge in [0, 0.05) is 41.9 Å². The van der Waals surface area contributed by atoms with E-state index in [1.165, 1.54) is 24.3 Å². The van der Waals surface area contributed by atoms with E-state index in [1.54, 1.807) is 23.1 Å². The molecule has 0 aliphatic carbocycles. The molecule has 1 amide bonds. The second-order valence-electron chi connectivity index (χ2n) is 8.12. The standard InChI is InChI=1S/C24H27F2N3O/c1-2-29-13-11-19(12-14-29)27-23(30)10-8-20-21-15-18(26)7-9-22(21)28-24(20)16-3-5-17(25)6-4-16/h3-7,9,15,19,28H,2,8,10-14H2,1H3,(H,27,30)/p+1. The highest BCUT2D eigenvalue weighted by atomic mass is 19.1. The van der Waals surface area contributed by atoms with Crippen LogP contribution in [0.2, 0.25) is 0 Å². The predicted molar refractivity (Wildman–Crippen MR) is 114 cm³/mol. The normalized spacial score (nSPS) is 19.2. The third-order valence-electron chi connectivity index (χ3n) is 6.16. The number of carbonyl (C=O) groups excluding carboxylic acids is 1. The summed E-state index contributed by atoms with van der Waals surface area (Å²) in [5.74, 6) is -0.600. The van der Waals surface area contributed by atoms with Gasteiger partial charge in [-0.15, -0.1) is 0 Å². The second-order valence-corrected chi connectivity index (χ2v) is 8.12. The lowest BCUT2D eigenvalue weighted by molar-refractivity contribution is -0.903. The van der Waals surface area contributed by atoms with Crippen molar-refractivity contribution in [1.82, 2.24) is 10.3 Å². The number of piperidine rings is 1. The minimum atomic E-state index is -0.317. The van der Waals surface area contributed by atoms with Crippen LogP contribution >= 0.6 is 0 Å². The Hall–Kier alpha value is -2.73. The van der Waals surface area contributed by atoms with Crippen LogP contribution in [0, 0.1) is 11.6 Å². The number of aromatic amines is 1. The predicted octanol–water partition coefficient (Wildman–Crippen LogP) is 3.23. The maximum atomic E-state index is 13.9. The number of aryl methyl sites for hydroxylation is 1. The average Bonchev–Trinajstić information content (AvgIpc) is 3.11. The average molecular weight is 413 g/mol. The molecule has 0 radical (unpaired) electrons. The smallest absolute Gasteiger partial charge is 0.220 e. The van der Waals surface area contributed by atoms with Crippen LogP contribution in [0.5, 0.6) is 0 Å². The topological polar surface area (TPSA) is 49.3 Å². The number of carbonyl (C=O) groups is 1. The number of hydrogen-bond donors (Lipinski definition) is 3. The minimum Gasteiger partial charge on any atom is -0.354 e. The lowest BCUT2D eigenvalue weighted by atomic mass is 10.00. The fraction of sp³-hybridized carbons (Fsp3) is 0.375. The van der Waals surface area contributed by atoms with Crippen molar-refractivity contribution in [3.63, 3.8) is 0 Å². The lowest BCUT2D eigenvalue weighted by Gasteiger charge is -2.29. The zero-order valence-electron chi connectivity index (χ0n) is 17.2. The van der Waals surface area contributed by atoms with E-state index in [2.05, 4.69) is 17.2 Å². The summed E-state index contributed by atoms with van der Waals surface area (Å²) >= 11 is 0. The molecule has 0 unspecified atom stereocenters. The first-order chi connectivity index (χ1) is 14.5. The van der Waals surface area contributed by atoms with Crippen LogP contribution in [0.1, 0.15) is 31.7 Å². The Morgan fingerprint density at radius 3 is 2.50 bits per heavy atom. The molecule has 0 atom stereocenters. The van der Waals surface area contributed by atoms with Crippen molar-refractivity contribution in [2.24, 2.45) is 0 Å². The molecular weight excluding hydrogens is 384 g/mol. The number of aromatic nitrogens is 1. The summed E-state index contributed by atoms with van der Waals surface area (Å²) < 4.78 is 27.3. The molecule has 0 spiro atoms. The minimum absolute atomic E-state index is 0.0238. The van der Waals surface area contributed by atoms with Gasteiger partial charge in [0.05, 0.1) is 19.6 Å².